The van der Waals surface area contributed by atoms with Crippen LogP contribution in [-0.2, 0) is 4.79 Å². The number of benzene rings is 3. The zero-order valence-corrected chi connectivity index (χ0v) is 16.0. The van der Waals surface area contributed by atoms with Crippen LogP contribution in [0.15, 0.2) is 78.9 Å². The van der Waals surface area contributed by atoms with Crippen LogP contribution in [0.4, 0.5) is 17.1 Å². The molecule has 5 heteroatoms. The summed E-state index contributed by atoms with van der Waals surface area (Å²) in [6.07, 6.45) is 0.152. The SMILES string of the molecule is CC(C)Oc1ccc(Nc2ccc(NC(=O)COc3ccccc3)cc2)cc1. The largest absolute Gasteiger partial charge is 0.491 e. The second kappa shape index (κ2) is 9.46. The van der Waals surface area contributed by atoms with Crippen molar-refractivity contribution in [2.24, 2.45) is 0 Å². The Kier molecular flexibility index (Phi) is 6.52. The molecule has 0 saturated heterocycles. The van der Waals surface area contributed by atoms with Gasteiger partial charge in [-0.15, -0.1) is 0 Å². The van der Waals surface area contributed by atoms with E-state index < -0.39 is 0 Å². The highest BCUT2D eigenvalue weighted by Gasteiger charge is 2.04. The summed E-state index contributed by atoms with van der Waals surface area (Å²) < 4.78 is 11.1. The lowest BCUT2D eigenvalue weighted by Gasteiger charge is -2.12. The smallest absolute Gasteiger partial charge is 0.262 e. The monoisotopic (exact) mass is 376 g/mol. The highest BCUT2D eigenvalue weighted by Crippen LogP contribution is 2.22. The fourth-order valence-electron chi connectivity index (χ4n) is 2.56. The molecule has 0 aliphatic carbocycles. The van der Waals surface area contributed by atoms with Crippen molar-refractivity contribution in [2.45, 2.75) is 20.0 Å². The van der Waals surface area contributed by atoms with Gasteiger partial charge in [0, 0.05) is 17.1 Å². The van der Waals surface area contributed by atoms with E-state index in [0.29, 0.717) is 11.4 Å². The molecule has 0 aromatic heterocycles. The van der Waals surface area contributed by atoms with Crippen LogP contribution in [0.5, 0.6) is 11.5 Å². The highest BCUT2D eigenvalue weighted by atomic mass is 16.5. The zero-order chi connectivity index (χ0) is 19.8. The number of para-hydroxylation sites is 1. The molecule has 3 aromatic carbocycles. The van der Waals surface area contributed by atoms with E-state index in [2.05, 4.69) is 10.6 Å². The van der Waals surface area contributed by atoms with Crippen LogP contribution in [0.2, 0.25) is 0 Å². The van der Waals surface area contributed by atoms with Crippen LogP contribution < -0.4 is 20.1 Å². The number of hydrogen-bond acceptors (Lipinski definition) is 4. The van der Waals surface area contributed by atoms with Crippen molar-refractivity contribution in [3.05, 3.63) is 78.9 Å². The Balaban J connectivity index is 1.49. The zero-order valence-electron chi connectivity index (χ0n) is 16.0. The lowest BCUT2D eigenvalue weighted by Crippen LogP contribution is -2.20. The molecule has 0 atom stereocenters. The first-order valence-corrected chi connectivity index (χ1v) is 9.20. The lowest BCUT2D eigenvalue weighted by atomic mass is 10.2. The molecule has 0 aliphatic heterocycles. The molecule has 0 fully saturated rings. The van der Waals surface area contributed by atoms with Crippen LogP contribution in [-0.4, -0.2) is 18.6 Å². The fourth-order valence-corrected chi connectivity index (χ4v) is 2.56. The maximum Gasteiger partial charge on any atom is 0.262 e. The molecule has 0 bridgehead atoms. The topological polar surface area (TPSA) is 59.6 Å². The molecule has 0 radical (unpaired) electrons. The summed E-state index contributed by atoms with van der Waals surface area (Å²) in [6, 6.07) is 24.6. The van der Waals surface area contributed by atoms with Crippen molar-refractivity contribution in [1.29, 1.82) is 0 Å². The number of carbonyl (C=O) groups excluding carboxylic acids is 1. The molecule has 3 aromatic rings. The van der Waals surface area contributed by atoms with Gasteiger partial charge in [-0.2, -0.15) is 0 Å². The van der Waals surface area contributed by atoms with Gasteiger partial charge in [0.05, 0.1) is 6.10 Å². The second-order valence-corrected chi connectivity index (χ2v) is 6.54. The van der Waals surface area contributed by atoms with Crippen LogP contribution in [0, 0.1) is 0 Å². The standard InChI is InChI=1S/C23H24N2O3/c1-17(2)28-22-14-12-19(13-15-22)24-18-8-10-20(11-9-18)25-23(26)16-27-21-6-4-3-5-7-21/h3-15,17,24H,16H2,1-2H3,(H,25,26). The van der Waals surface area contributed by atoms with E-state index in [1.54, 1.807) is 0 Å². The molecule has 0 heterocycles. The number of anilines is 3. The van der Waals surface area contributed by atoms with Crippen molar-refractivity contribution < 1.29 is 14.3 Å². The fraction of sp³-hybridized carbons (Fsp3) is 0.174. The van der Waals surface area contributed by atoms with E-state index >= 15 is 0 Å². The number of amides is 1. The van der Waals surface area contributed by atoms with Crippen molar-refractivity contribution in [3.63, 3.8) is 0 Å². The van der Waals surface area contributed by atoms with Gasteiger partial charge in [0.2, 0.25) is 0 Å². The van der Waals surface area contributed by atoms with Gasteiger partial charge in [-0.25, -0.2) is 0 Å². The summed E-state index contributed by atoms with van der Waals surface area (Å²) in [7, 11) is 0. The first kappa shape index (κ1) is 19.3. The lowest BCUT2D eigenvalue weighted by molar-refractivity contribution is -0.118. The number of carbonyl (C=O) groups is 1. The van der Waals surface area contributed by atoms with Crippen LogP contribution in [0.1, 0.15) is 13.8 Å². The van der Waals surface area contributed by atoms with Crippen LogP contribution >= 0.6 is 0 Å². The Labute approximate surface area is 165 Å². The Bertz CT molecular complexity index is 876. The molecule has 3 rings (SSSR count). The molecule has 0 aliphatic rings. The summed E-state index contributed by atoms with van der Waals surface area (Å²) in [6.45, 7) is 3.97. The molecular formula is C23H24N2O3. The highest BCUT2D eigenvalue weighted by molar-refractivity contribution is 5.92. The quantitative estimate of drug-likeness (QED) is 0.565. The third kappa shape index (κ3) is 6.06. The van der Waals surface area contributed by atoms with Crippen molar-refractivity contribution >= 4 is 23.0 Å². The Morgan fingerprint density at radius 1 is 0.786 bits per heavy atom. The number of nitrogens with one attached hydrogen (secondary N) is 2. The van der Waals surface area contributed by atoms with Crippen LogP contribution in [0.25, 0.3) is 0 Å². The molecule has 1 amide bonds. The third-order valence-electron chi connectivity index (χ3n) is 3.80. The normalized spacial score (nSPS) is 10.4. The minimum absolute atomic E-state index is 0.0329. The van der Waals surface area contributed by atoms with E-state index in [4.69, 9.17) is 9.47 Å². The number of ether oxygens (including phenoxy) is 2. The predicted octanol–water partition coefficient (Wildman–Crippen LogP) is 5.23. The van der Waals surface area contributed by atoms with Crippen molar-refractivity contribution in [1.82, 2.24) is 0 Å². The van der Waals surface area contributed by atoms with Gasteiger partial charge in [0.1, 0.15) is 11.5 Å². The molecule has 28 heavy (non-hydrogen) atoms. The Morgan fingerprint density at radius 3 is 1.96 bits per heavy atom. The average molecular weight is 376 g/mol. The van der Waals surface area contributed by atoms with E-state index in [-0.39, 0.29) is 18.6 Å². The van der Waals surface area contributed by atoms with E-state index in [1.807, 2.05) is 92.7 Å². The van der Waals surface area contributed by atoms with Gasteiger partial charge in [0.15, 0.2) is 6.61 Å². The first-order valence-electron chi connectivity index (χ1n) is 9.20. The minimum atomic E-state index is -0.203. The van der Waals surface area contributed by atoms with Crippen molar-refractivity contribution in [3.8, 4) is 11.5 Å². The first-order chi connectivity index (χ1) is 13.6. The van der Waals surface area contributed by atoms with E-state index in [1.165, 1.54) is 0 Å². The van der Waals surface area contributed by atoms with Crippen molar-refractivity contribution in [2.75, 3.05) is 17.2 Å². The molecule has 0 unspecified atom stereocenters. The summed E-state index contributed by atoms with van der Waals surface area (Å²) in [5, 5.41) is 6.14. The van der Waals surface area contributed by atoms with Gasteiger partial charge in [-0.05, 0) is 74.5 Å². The summed E-state index contributed by atoms with van der Waals surface area (Å²) >= 11 is 0. The predicted molar refractivity (Wildman–Crippen MR) is 112 cm³/mol. The van der Waals surface area contributed by atoms with E-state index in [9.17, 15) is 4.79 Å². The maximum atomic E-state index is 12.0. The molecular weight excluding hydrogens is 352 g/mol. The van der Waals surface area contributed by atoms with Gasteiger partial charge in [0.25, 0.3) is 5.91 Å². The Morgan fingerprint density at radius 2 is 1.36 bits per heavy atom. The molecule has 0 saturated carbocycles. The second-order valence-electron chi connectivity index (χ2n) is 6.54. The van der Waals surface area contributed by atoms with Gasteiger partial charge >= 0.3 is 0 Å². The summed E-state index contributed by atoms with van der Waals surface area (Å²) in [5.74, 6) is 1.31. The summed E-state index contributed by atoms with van der Waals surface area (Å²) in [5.41, 5.74) is 2.60. The molecule has 2 N–H and O–H groups in total. The van der Waals surface area contributed by atoms with E-state index in [0.717, 1.165) is 17.1 Å². The number of hydrogen-bond donors (Lipinski definition) is 2. The summed E-state index contributed by atoms with van der Waals surface area (Å²) in [4.78, 5) is 12.0. The molecule has 5 nitrogen and oxygen atoms in total. The maximum absolute atomic E-state index is 12.0. The van der Waals surface area contributed by atoms with Gasteiger partial charge in [-0.1, -0.05) is 18.2 Å². The third-order valence-corrected chi connectivity index (χ3v) is 3.80. The number of rotatable bonds is 8. The van der Waals surface area contributed by atoms with Gasteiger partial charge < -0.3 is 20.1 Å². The Hall–Kier alpha value is -3.47. The average Bonchev–Trinajstić information content (AvgIpc) is 2.70. The van der Waals surface area contributed by atoms with Gasteiger partial charge in [-0.3, -0.25) is 4.79 Å². The molecule has 144 valence electrons. The minimum Gasteiger partial charge on any atom is -0.491 e. The molecule has 0 spiro atoms. The van der Waals surface area contributed by atoms with Crippen LogP contribution in [0.3, 0.4) is 0 Å².